The maximum Gasteiger partial charge on any atom is 0.194 e. The molecule has 4 aliphatic heterocycles. The van der Waals surface area contributed by atoms with Crippen LogP contribution in [0.15, 0.2) is 4.99 Å². The normalized spacial score (nSPS) is 40.4. The van der Waals surface area contributed by atoms with Crippen LogP contribution in [0.2, 0.25) is 0 Å². The molecule has 8 heteroatoms. The first-order valence-corrected chi connectivity index (χ1v) is 12.3. The molecule has 4 heterocycles. The van der Waals surface area contributed by atoms with E-state index in [4.69, 9.17) is 9.73 Å². The number of hydrogen-bond donors (Lipinski definition) is 1. The van der Waals surface area contributed by atoms with Crippen molar-refractivity contribution in [3.8, 4) is 0 Å². The van der Waals surface area contributed by atoms with Crippen LogP contribution in [0, 0.1) is 17.8 Å². The van der Waals surface area contributed by atoms with Crippen LogP contribution < -0.4 is 5.32 Å². The van der Waals surface area contributed by atoms with Gasteiger partial charge in [-0.15, -0.1) is 24.0 Å². The smallest absolute Gasteiger partial charge is 0.194 e. The van der Waals surface area contributed by atoms with Crippen molar-refractivity contribution < 1.29 is 13.2 Å². The van der Waals surface area contributed by atoms with E-state index in [-0.39, 0.29) is 29.9 Å². The zero-order valence-electron chi connectivity index (χ0n) is 15.9. The number of halogens is 1. The van der Waals surface area contributed by atoms with Gasteiger partial charge in [0.1, 0.15) is 0 Å². The van der Waals surface area contributed by atoms with Gasteiger partial charge in [0.25, 0.3) is 0 Å². The number of ether oxygens (including phenoxy) is 1. The van der Waals surface area contributed by atoms with E-state index in [9.17, 15) is 8.42 Å². The Bertz CT molecular complexity index is 662. The summed E-state index contributed by atoms with van der Waals surface area (Å²) < 4.78 is 29.6. The average molecular weight is 509 g/mol. The van der Waals surface area contributed by atoms with E-state index in [1.807, 2.05) is 0 Å². The second-order valence-corrected chi connectivity index (χ2v) is 11.3. The van der Waals surface area contributed by atoms with Crippen molar-refractivity contribution in [3.63, 3.8) is 0 Å². The molecule has 1 saturated carbocycles. The second-order valence-electron chi connectivity index (χ2n) is 9.08. The maximum atomic E-state index is 11.7. The summed E-state index contributed by atoms with van der Waals surface area (Å²) in [7, 11) is -2.82. The van der Waals surface area contributed by atoms with Gasteiger partial charge >= 0.3 is 0 Å². The van der Waals surface area contributed by atoms with Crippen molar-refractivity contribution in [1.82, 2.24) is 10.2 Å². The number of nitrogens with zero attached hydrogens (tertiary/aromatic N) is 2. The van der Waals surface area contributed by atoms with Gasteiger partial charge in [-0.2, -0.15) is 0 Å². The van der Waals surface area contributed by atoms with Crippen molar-refractivity contribution in [1.29, 1.82) is 0 Å². The summed E-state index contributed by atoms with van der Waals surface area (Å²) in [6.45, 7) is 2.74. The van der Waals surface area contributed by atoms with E-state index in [1.165, 1.54) is 38.5 Å². The molecule has 154 valence electrons. The predicted molar refractivity (Wildman–Crippen MR) is 116 cm³/mol. The molecule has 1 aliphatic carbocycles. The largest absolute Gasteiger partial charge is 0.374 e. The Kier molecular flexibility index (Phi) is 5.96. The Labute approximate surface area is 179 Å². The molecule has 5 rings (SSSR count). The van der Waals surface area contributed by atoms with E-state index >= 15 is 0 Å². The molecule has 6 nitrogen and oxygen atoms in total. The summed E-state index contributed by atoms with van der Waals surface area (Å²) in [5.74, 6) is 3.22. The molecule has 5 aliphatic rings. The van der Waals surface area contributed by atoms with E-state index < -0.39 is 9.84 Å². The standard InChI is InChI=1S/C19H31N3O3S.HI/c23-26(24)8-7-13(12-26)9-20-19(21-14-3-1-2-4-14)22-10-15-16(11-22)18-6-5-17(15)25-18;/h13-18H,1-12H2,(H,20,21);1H. The molecule has 0 spiro atoms. The van der Waals surface area contributed by atoms with Crippen LogP contribution in [0.4, 0.5) is 0 Å². The SMILES string of the molecule is I.O=S1(=O)CCC(CN=C(NC2CCCC2)N2CC3C4CCC(O4)C3C2)C1. The fourth-order valence-corrected chi connectivity index (χ4v) is 7.70. The van der Waals surface area contributed by atoms with Gasteiger partial charge in [-0.05, 0) is 38.0 Å². The molecule has 27 heavy (non-hydrogen) atoms. The van der Waals surface area contributed by atoms with Crippen molar-refractivity contribution in [2.45, 2.75) is 63.2 Å². The van der Waals surface area contributed by atoms with E-state index in [2.05, 4.69) is 10.2 Å². The van der Waals surface area contributed by atoms with Gasteiger partial charge in [0.2, 0.25) is 0 Å². The lowest BCUT2D eigenvalue weighted by molar-refractivity contribution is 0.0766. The van der Waals surface area contributed by atoms with Gasteiger partial charge in [-0.1, -0.05) is 12.8 Å². The average Bonchev–Trinajstić information content (AvgIpc) is 3.37. The molecule has 5 fully saturated rings. The summed E-state index contributed by atoms with van der Waals surface area (Å²) in [6, 6.07) is 0.537. The first-order valence-electron chi connectivity index (χ1n) is 10.5. The molecule has 0 aromatic carbocycles. The van der Waals surface area contributed by atoms with Gasteiger partial charge in [0.05, 0.1) is 23.7 Å². The number of sulfone groups is 1. The number of fused-ring (bicyclic) bond motifs is 5. The molecular formula is C19H32IN3O3S. The Morgan fingerprint density at radius 1 is 1.04 bits per heavy atom. The Morgan fingerprint density at radius 2 is 1.70 bits per heavy atom. The summed E-state index contributed by atoms with van der Waals surface area (Å²) in [6.07, 6.45) is 9.20. The Hall–Kier alpha value is -0.0900. The van der Waals surface area contributed by atoms with Crippen LogP contribution in [0.1, 0.15) is 44.9 Å². The molecule has 2 bridgehead atoms. The third-order valence-corrected chi connectivity index (χ3v) is 9.10. The lowest BCUT2D eigenvalue weighted by atomic mass is 9.82. The number of nitrogens with one attached hydrogen (secondary N) is 1. The fraction of sp³-hybridized carbons (Fsp3) is 0.947. The summed E-state index contributed by atoms with van der Waals surface area (Å²) in [4.78, 5) is 7.39. The second kappa shape index (κ2) is 7.97. The number of rotatable bonds is 3. The van der Waals surface area contributed by atoms with E-state index in [0.717, 1.165) is 25.5 Å². The van der Waals surface area contributed by atoms with Crippen LogP contribution >= 0.6 is 24.0 Å². The summed E-state index contributed by atoms with van der Waals surface area (Å²) in [5, 5.41) is 3.73. The highest BCUT2D eigenvalue weighted by atomic mass is 127. The van der Waals surface area contributed by atoms with Gasteiger partial charge in [-0.3, -0.25) is 4.99 Å². The zero-order chi connectivity index (χ0) is 17.7. The molecule has 1 N–H and O–H groups in total. The summed E-state index contributed by atoms with van der Waals surface area (Å²) >= 11 is 0. The number of guanidine groups is 1. The van der Waals surface area contributed by atoms with Crippen LogP contribution in [-0.4, -0.2) is 68.7 Å². The van der Waals surface area contributed by atoms with Crippen molar-refractivity contribution in [3.05, 3.63) is 0 Å². The minimum atomic E-state index is -2.82. The van der Waals surface area contributed by atoms with Crippen LogP contribution in [0.5, 0.6) is 0 Å². The van der Waals surface area contributed by atoms with Gasteiger partial charge in [-0.25, -0.2) is 8.42 Å². The minimum Gasteiger partial charge on any atom is -0.374 e. The minimum absolute atomic E-state index is 0. The predicted octanol–water partition coefficient (Wildman–Crippen LogP) is 2.04. The molecule has 4 saturated heterocycles. The topological polar surface area (TPSA) is 71.0 Å². The van der Waals surface area contributed by atoms with Gasteiger partial charge in [0, 0.05) is 37.5 Å². The molecule has 5 atom stereocenters. The fourth-order valence-electron chi connectivity index (χ4n) is 5.85. The number of likely N-dealkylation sites (tertiary alicyclic amines) is 1. The third-order valence-electron chi connectivity index (χ3n) is 7.27. The van der Waals surface area contributed by atoms with Crippen molar-refractivity contribution in [2.75, 3.05) is 31.1 Å². The van der Waals surface area contributed by atoms with Crippen LogP contribution in [0.3, 0.4) is 0 Å². The summed E-state index contributed by atoms with van der Waals surface area (Å²) in [5.41, 5.74) is 0. The highest BCUT2D eigenvalue weighted by molar-refractivity contribution is 14.0. The first-order chi connectivity index (χ1) is 12.6. The van der Waals surface area contributed by atoms with Gasteiger partial charge in [0.15, 0.2) is 15.8 Å². The molecule has 0 aromatic heterocycles. The lowest BCUT2D eigenvalue weighted by Crippen LogP contribution is -2.45. The third kappa shape index (κ3) is 4.13. The first kappa shape index (κ1) is 20.2. The van der Waals surface area contributed by atoms with Crippen LogP contribution in [-0.2, 0) is 14.6 Å². The Balaban J connectivity index is 0.00000180. The molecule has 0 aromatic rings. The van der Waals surface area contributed by atoms with Crippen LogP contribution in [0.25, 0.3) is 0 Å². The molecule has 5 unspecified atom stereocenters. The molecular weight excluding hydrogens is 477 g/mol. The van der Waals surface area contributed by atoms with Gasteiger partial charge < -0.3 is 15.0 Å². The zero-order valence-corrected chi connectivity index (χ0v) is 19.0. The quantitative estimate of drug-likeness (QED) is 0.358. The monoisotopic (exact) mass is 509 g/mol. The maximum absolute atomic E-state index is 11.7. The highest BCUT2D eigenvalue weighted by Crippen LogP contribution is 2.47. The van der Waals surface area contributed by atoms with E-state index in [0.29, 0.717) is 48.1 Å². The number of hydrogen-bond acceptors (Lipinski definition) is 4. The van der Waals surface area contributed by atoms with E-state index in [1.54, 1.807) is 0 Å². The highest BCUT2D eigenvalue weighted by Gasteiger charge is 2.53. The molecule has 0 radical (unpaired) electrons. The van der Waals surface area contributed by atoms with Crippen molar-refractivity contribution >= 4 is 39.8 Å². The number of aliphatic imine (C=N–C) groups is 1. The van der Waals surface area contributed by atoms with Crippen molar-refractivity contribution in [2.24, 2.45) is 22.7 Å². The lowest BCUT2D eigenvalue weighted by Gasteiger charge is -2.26. The Morgan fingerprint density at radius 3 is 2.30 bits per heavy atom. The molecule has 0 amide bonds.